The summed E-state index contributed by atoms with van der Waals surface area (Å²) in [4.78, 5) is 28.0. The van der Waals surface area contributed by atoms with Gasteiger partial charge in [-0.2, -0.15) is 5.26 Å². The highest BCUT2D eigenvalue weighted by Gasteiger charge is 2.29. The first-order chi connectivity index (χ1) is 14.3. The Kier molecular flexibility index (Phi) is 6.80. The first-order valence-corrected chi connectivity index (χ1v) is 11.9. The number of sulfone groups is 1. The van der Waals surface area contributed by atoms with Crippen molar-refractivity contribution in [3.8, 4) is 6.07 Å². The molecular weight excluding hydrogens is 422 g/mol. The van der Waals surface area contributed by atoms with E-state index < -0.39 is 21.8 Å². The Morgan fingerprint density at radius 1 is 1.17 bits per heavy atom. The fourth-order valence-electron chi connectivity index (χ4n) is 3.17. The highest BCUT2D eigenvalue weighted by Crippen LogP contribution is 2.33. The largest absolute Gasteiger partial charge is 0.351 e. The second kappa shape index (κ2) is 9.32. The molecule has 0 saturated carbocycles. The zero-order valence-corrected chi connectivity index (χ0v) is 18.0. The topological polar surface area (TPSA) is 107 Å². The highest BCUT2D eigenvalue weighted by molar-refractivity contribution is 7.99. The molecule has 156 valence electrons. The minimum absolute atomic E-state index is 0.0613. The maximum Gasteiger partial charge on any atom is 0.255 e. The van der Waals surface area contributed by atoms with Crippen LogP contribution in [0.4, 0.5) is 0 Å². The third-order valence-electron chi connectivity index (χ3n) is 4.67. The van der Waals surface area contributed by atoms with Crippen LogP contribution in [-0.2, 0) is 14.6 Å². The van der Waals surface area contributed by atoms with Gasteiger partial charge in [0.05, 0.1) is 29.2 Å². The van der Waals surface area contributed by atoms with E-state index >= 15 is 0 Å². The van der Waals surface area contributed by atoms with E-state index in [0.717, 1.165) is 4.90 Å². The molecule has 3 rings (SSSR count). The van der Waals surface area contributed by atoms with Crippen LogP contribution < -0.4 is 5.32 Å². The van der Waals surface area contributed by atoms with Crippen LogP contribution in [0.5, 0.6) is 0 Å². The van der Waals surface area contributed by atoms with E-state index in [2.05, 4.69) is 11.4 Å². The van der Waals surface area contributed by atoms with Gasteiger partial charge in [-0.1, -0.05) is 36.0 Å². The monoisotopic (exact) mass is 443 g/mol. The van der Waals surface area contributed by atoms with Crippen LogP contribution in [-0.4, -0.2) is 56.3 Å². The van der Waals surface area contributed by atoms with Gasteiger partial charge in [-0.25, -0.2) is 8.42 Å². The van der Waals surface area contributed by atoms with Crippen molar-refractivity contribution >= 4 is 33.4 Å². The van der Waals surface area contributed by atoms with Crippen molar-refractivity contribution in [2.24, 2.45) is 0 Å². The van der Waals surface area contributed by atoms with Crippen molar-refractivity contribution in [3.63, 3.8) is 0 Å². The Labute approximate surface area is 180 Å². The third kappa shape index (κ3) is 5.40. The lowest BCUT2D eigenvalue weighted by atomic mass is 10.2. The van der Waals surface area contributed by atoms with E-state index in [0.29, 0.717) is 22.4 Å². The number of rotatable bonds is 6. The predicted octanol–water partition coefficient (Wildman–Crippen LogP) is 2.08. The molecule has 2 aromatic carbocycles. The lowest BCUT2D eigenvalue weighted by Crippen LogP contribution is -2.43. The van der Waals surface area contributed by atoms with Crippen LogP contribution in [0, 0.1) is 11.3 Å². The van der Waals surface area contributed by atoms with Crippen molar-refractivity contribution < 1.29 is 18.0 Å². The summed E-state index contributed by atoms with van der Waals surface area (Å²) in [5.41, 5.74) is 0.943. The number of benzene rings is 2. The maximum atomic E-state index is 13.0. The summed E-state index contributed by atoms with van der Waals surface area (Å²) in [6, 6.07) is 15.9. The van der Waals surface area contributed by atoms with Gasteiger partial charge in [0.2, 0.25) is 5.91 Å². The molecule has 1 saturated heterocycles. The molecule has 30 heavy (non-hydrogen) atoms. The molecule has 0 spiro atoms. The maximum absolute atomic E-state index is 13.0. The highest BCUT2D eigenvalue weighted by atomic mass is 32.2. The molecule has 1 heterocycles. The Morgan fingerprint density at radius 2 is 1.83 bits per heavy atom. The number of nitriles is 1. The molecule has 0 radical (unpaired) electrons. The fraction of sp³-hybridized carbons (Fsp3) is 0.286. The average Bonchev–Trinajstić information content (AvgIpc) is 3.06. The average molecular weight is 444 g/mol. The summed E-state index contributed by atoms with van der Waals surface area (Å²) in [7, 11) is -1.57. The fourth-order valence-corrected chi connectivity index (χ4v) is 5.87. The summed E-state index contributed by atoms with van der Waals surface area (Å²) in [5.74, 6) is -0.718. The molecule has 2 aromatic rings. The van der Waals surface area contributed by atoms with Crippen molar-refractivity contribution in [1.29, 1.82) is 5.26 Å². The smallest absolute Gasteiger partial charge is 0.255 e. The van der Waals surface area contributed by atoms with Gasteiger partial charge >= 0.3 is 0 Å². The van der Waals surface area contributed by atoms with Gasteiger partial charge in [0.1, 0.15) is 6.07 Å². The number of nitrogens with one attached hydrogen (secondary N) is 1. The summed E-state index contributed by atoms with van der Waals surface area (Å²) >= 11 is 1.32. The van der Waals surface area contributed by atoms with E-state index in [1.54, 1.807) is 36.4 Å². The van der Waals surface area contributed by atoms with E-state index in [1.807, 2.05) is 12.1 Å². The first-order valence-electron chi connectivity index (χ1n) is 9.30. The molecule has 9 heteroatoms. The zero-order chi connectivity index (χ0) is 21.7. The van der Waals surface area contributed by atoms with Crippen LogP contribution >= 0.6 is 11.8 Å². The van der Waals surface area contributed by atoms with E-state index in [4.69, 9.17) is 0 Å². The Balaban J connectivity index is 1.69. The van der Waals surface area contributed by atoms with Gasteiger partial charge in [0.25, 0.3) is 5.91 Å². The van der Waals surface area contributed by atoms with Gasteiger partial charge in [-0.3, -0.25) is 9.59 Å². The summed E-state index contributed by atoms with van der Waals surface area (Å²) in [5, 5.41) is 12.0. The van der Waals surface area contributed by atoms with Crippen molar-refractivity contribution in [2.75, 3.05) is 25.1 Å². The van der Waals surface area contributed by atoms with Gasteiger partial charge < -0.3 is 10.2 Å². The molecule has 1 atom stereocenters. The molecule has 0 bridgehead atoms. The number of nitrogens with zero attached hydrogens (tertiary/aromatic N) is 2. The van der Waals surface area contributed by atoms with Gasteiger partial charge in [-0.15, -0.1) is 0 Å². The molecular formula is C21H21N3O4S2. The van der Waals surface area contributed by atoms with Crippen LogP contribution in [0.3, 0.4) is 0 Å². The molecule has 1 N–H and O–H groups in total. The number of likely N-dealkylation sites (N-methyl/N-ethyl adjacent to an activating group) is 1. The van der Waals surface area contributed by atoms with Crippen LogP contribution in [0.2, 0.25) is 0 Å². The summed E-state index contributed by atoms with van der Waals surface area (Å²) in [6.45, 7) is -0.177. The normalized spacial score (nSPS) is 17.1. The van der Waals surface area contributed by atoms with E-state index in [1.165, 1.54) is 23.7 Å². The minimum atomic E-state index is -3.09. The van der Waals surface area contributed by atoms with Crippen molar-refractivity contribution in [2.45, 2.75) is 22.3 Å². The second-order valence-corrected chi connectivity index (χ2v) is 10.3. The molecule has 0 aliphatic carbocycles. The molecule has 1 unspecified atom stereocenters. The quantitative estimate of drug-likeness (QED) is 0.733. The number of carbonyl (C=O) groups is 2. The third-order valence-corrected chi connectivity index (χ3v) is 7.59. The number of amides is 2. The van der Waals surface area contributed by atoms with Gasteiger partial charge in [0.15, 0.2) is 9.84 Å². The van der Waals surface area contributed by atoms with Crippen molar-refractivity contribution in [1.82, 2.24) is 10.2 Å². The Hall–Kier alpha value is -2.83. The first kappa shape index (κ1) is 21.9. The molecule has 2 amide bonds. The summed E-state index contributed by atoms with van der Waals surface area (Å²) in [6.07, 6.45) is 0.392. The molecule has 1 aliphatic heterocycles. The molecule has 1 fully saturated rings. The minimum Gasteiger partial charge on any atom is -0.351 e. The van der Waals surface area contributed by atoms with E-state index in [-0.39, 0.29) is 24.0 Å². The zero-order valence-electron chi connectivity index (χ0n) is 16.4. The Morgan fingerprint density at radius 3 is 2.50 bits per heavy atom. The van der Waals surface area contributed by atoms with Crippen LogP contribution in [0.15, 0.2) is 58.3 Å². The number of hydrogen-bond acceptors (Lipinski definition) is 6. The Bertz CT molecular complexity index is 1110. The van der Waals surface area contributed by atoms with Gasteiger partial charge in [-0.05, 0) is 30.7 Å². The predicted molar refractivity (Wildman–Crippen MR) is 114 cm³/mol. The summed E-state index contributed by atoms with van der Waals surface area (Å²) < 4.78 is 23.1. The SMILES string of the molecule is CN(CC(=O)NC1CCS(=O)(=O)C1)C(=O)c1ccccc1Sc1ccccc1C#N. The van der Waals surface area contributed by atoms with Crippen LogP contribution in [0.25, 0.3) is 0 Å². The lowest BCUT2D eigenvalue weighted by Gasteiger charge is -2.20. The molecule has 1 aliphatic rings. The van der Waals surface area contributed by atoms with Crippen molar-refractivity contribution in [3.05, 3.63) is 59.7 Å². The van der Waals surface area contributed by atoms with E-state index in [9.17, 15) is 23.3 Å². The van der Waals surface area contributed by atoms with Gasteiger partial charge in [0, 0.05) is 22.9 Å². The molecule has 0 aromatic heterocycles. The standard InChI is InChI=1S/C21H21N3O4S2/c1-24(13-20(25)23-16-10-11-30(27,28)14-16)21(26)17-7-3-5-9-19(17)29-18-8-4-2-6-15(18)12-22/h2-9,16H,10-11,13-14H2,1H3,(H,23,25). The number of carbonyl (C=O) groups excluding carboxylic acids is 2. The number of hydrogen-bond donors (Lipinski definition) is 1. The second-order valence-electron chi connectivity index (χ2n) is 7.03. The van der Waals surface area contributed by atoms with Crippen LogP contribution in [0.1, 0.15) is 22.3 Å². The lowest BCUT2D eigenvalue weighted by molar-refractivity contribution is -0.122. The molecule has 7 nitrogen and oxygen atoms in total.